The minimum atomic E-state index is -2.37. The van der Waals surface area contributed by atoms with Crippen molar-refractivity contribution in [3.63, 3.8) is 0 Å². The Bertz CT molecular complexity index is 511. The lowest BCUT2D eigenvalue weighted by Gasteiger charge is -2.32. The lowest BCUT2D eigenvalue weighted by Crippen LogP contribution is -2.53. The first-order valence-corrected chi connectivity index (χ1v) is 7.40. The van der Waals surface area contributed by atoms with Gasteiger partial charge in [0.25, 0.3) is 0 Å². The van der Waals surface area contributed by atoms with E-state index in [1.54, 1.807) is 11.9 Å². The minimum Gasteiger partial charge on any atom is -0.479 e. The Morgan fingerprint density at radius 2 is 1.77 bits per heavy atom. The number of hydrogen-bond donors (Lipinski definition) is 2. The fourth-order valence-electron chi connectivity index (χ4n) is 2.35. The zero-order chi connectivity index (χ0) is 16.9. The van der Waals surface area contributed by atoms with Crippen LogP contribution in [0, 0.1) is 5.92 Å². The van der Waals surface area contributed by atoms with Gasteiger partial charge in [-0.2, -0.15) is 0 Å². The number of carbonyl (C=O) groups is 2. The number of rotatable bonds is 8. The molecule has 5 heteroatoms. The lowest BCUT2D eigenvalue weighted by molar-refractivity contribution is -0.165. The summed E-state index contributed by atoms with van der Waals surface area (Å²) in [5, 5.41) is 19.1. The highest BCUT2D eigenvalue weighted by molar-refractivity contribution is 6.08. The van der Waals surface area contributed by atoms with E-state index in [4.69, 9.17) is 5.11 Å². The van der Waals surface area contributed by atoms with Crippen LogP contribution >= 0.6 is 0 Å². The van der Waals surface area contributed by atoms with E-state index in [0.717, 1.165) is 12.5 Å². The van der Waals surface area contributed by atoms with Gasteiger partial charge >= 0.3 is 5.97 Å². The molecule has 0 saturated heterocycles. The van der Waals surface area contributed by atoms with Crippen LogP contribution in [0.3, 0.4) is 0 Å². The van der Waals surface area contributed by atoms with E-state index >= 15 is 0 Å². The summed E-state index contributed by atoms with van der Waals surface area (Å²) < 4.78 is 0. The molecule has 0 amide bonds. The van der Waals surface area contributed by atoms with E-state index in [-0.39, 0.29) is 5.92 Å². The van der Waals surface area contributed by atoms with Crippen molar-refractivity contribution in [2.24, 2.45) is 5.92 Å². The molecule has 0 aliphatic rings. The maximum atomic E-state index is 12.5. The van der Waals surface area contributed by atoms with Crippen LogP contribution in [-0.2, 0) is 16.1 Å². The fraction of sp³-hybridized carbons (Fsp3) is 0.529. The zero-order valence-corrected chi connectivity index (χ0v) is 13.6. The van der Waals surface area contributed by atoms with Gasteiger partial charge in [-0.1, -0.05) is 44.2 Å². The summed E-state index contributed by atoms with van der Waals surface area (Å²) in [4.78, 5) is 25.4. The molecule has 122 valence electrons. The molecule has 1 unspecified atom stereocenters. The van der Waals surface area contributed by atoms with Gasteiger partial charge in [0.2, 0.25) is 5.60 Å². The van der Waals surface area contributed by atoms with Gasteiger partial charge in [0.05, 0.1) is 6.04 Å². The first-order valence-electron chi connectivity index (χ1n) is 7.40. The number of carboxylic acids is 1. The van der Waals surface area contributed by atoms with Crippen molar-refractivity contribution >= 4 is 11.8 Å². The quantitative estimate of drug-likeness (QED) is 0.718. The number of aliphatic carboxylic acids is 1. The third-order valence-electron chi connectivity index (χ3n) is 3.70. The third kappa shape index (κ3) is 4.64. The zero-order valence-electron chi connectivity index (χ0n) is 13.6. The van der Waals surface area contributed by atoms with E-state index < -0.39 is 23.4 Å². The Morgan fingerprint density at radius 3 is 2.23 bits per heavy atom. The van der Waals surface area contributed by atoms with E-state index in [1.165, 1.54) is 0 Å². The molecule has 0 radical (unpaired) electrons. The number of carbonyl (C=O) groups excluding carboxylic acids is 1. The number of likely N-dealkylation sites (N-methyl/N-ethyl adjacent to an activating group) is 1. The molecule has 1 rings (SSSR count). The summed E-state index contributed by atoms with van der Waals surface area (Å²) >= 11 is 0. The predicted octanol–water partition coefficient (Wildman–Crippen LogP) is 1.94. The fourth-order valence-corrected chi connectivity index (χ4v) is 2.35. The van der Waals surface area contributed by atoms with Crippen LogP contribution < -0.4 is 0 Å². The maximum absolute atomic E-state index is 12.5. The van der Waals surface area contributed by atoms with E-state index in [0.29, 0.717) is 13.0 Å². The van der Waals surface area contributed by atoms with E-state index in [2.05, 4.69) is 0 Å². The van der Waals surface area contributed by atoms with Gasteiger partial charge in [0.1, 0.15) is 0 Å². The molecule has 5 nitrogen and oxygen atoms in total. The Balaban J connectivity index is 2.97. The number of carboxylic acid groups (broad SMARTS) is 1. The topological polar surface area (TPSA) is 77.8 Å². The Kier molecular flexibility index (Phi) is 6.26. The number of aliphatic hydroxyl groups is 1. The minimum absolute atomic E-state index is 0.205. The number of benzene rings is 1. The van der Waals surface area contributed by atoms with Gasteiger partial charge < -0.3 is 10.2 Å². The highest BCUT2D eigenvalue weighted by Crippen LogP contribution is 2.20. The average Bonchev–Trinajstić information content (AvgIpc) is 2.44. The summed E-state index contributed by atoms with van der Waals surface area (Å²) in [5.74, 6) is -1.98. The third-order valence-corrected chi connectivity index (χ3v) is 3.70. The second-order valence-electron chi connectivity index (χ2n) is 6.29. The lowest BCUT2D eigenvalue weighted by atomic mass is 9.89. The van der Waals surface area contributed by atoms with Gasteiger partial charge in [-0.15, -0.1) is 0 Å². The van der Waals surface area contributed by atoms with E-state index in [9.17, 15) is 14.7 Å². The summed E-state index contributed by atoms with van der Waals surface area (Å²) in [7, 11) is 1.77. The normalized spacial score (nSPS) is 15.6. The average molecular weight is 307 g/mol. The molecule has 0 fully saturated rings. The highest BCUT2D eigenvalue weighted by atomic mass is 16.4. The van der Waals surface area contributed by atoms with Gasteiger partial charge in [-0.25, -0.2) is 4.79 Å². The van der Waals surface area contributed by atoms with Crippen molar-refractivity contribution in [1.29, 1.82) is 0 Å². The second-order valence-corrected chi connectivity index (χ2v) is 6.29. The molecular weight excluding hydrogens is 282 g/mol. The monoisotopic (exact) mass is 307 g/mol. The summed E-state index contributed by atoms with van der Waals surface area (Å²) in [6.45, 7) is 5.49. The van der Waals surface area contributed by atoms with Crippen molar-refractivity contribution in [2.75, 3.05) is 7.05 Å². The summed E-state index contributed by atoms with van der Waals surface area (Å²) in [5.41, 5.74) is -1.34. The molecule has 1 aromatic rings. The molecule has 0 heterocycles. The predicted molar refractivity (Wildman–Crippen MR) is 84.4 cm³/mol. The molecule has 0 aliphatic carbocycles. The largest absolute Gasteiger partial charge is 0.479 e. The molecule has 2 atom stereocenters. The van der Waals surface area contributed by atoms with Crippen molar-refractivity contribution in [3.05, 3.63) is 35.9 Å². The van der Waals surface area contributed by atoms with Gasteiger partial charge in [0.15, 0.2) is 5.78 Å². The molecule has 22 heavy (non-hydrogen) atoms. The van der Waals surface area contributed by atoms with Gasteiger partial charge in [0, 0.05) is 6.54 Å². The second kappa shape index (κ2) is 7.51. The maximum Gasteiger partial charge on any atom is 0.343 e. The Hall–Kier alpha value is -1.72. The summed E-state index contributed by atoms with van der Waals surface area (Å²) in [6, 6.07) is 8.98. The van der Waals surface area contributed by atoms with Crippen LogP contribution in [0.1, 0.15) is 32.8 Å². The molecule has 0 aromatic heterocycles. The SMILES string of the molecule is CC(C)C[C@@H](C(=O)C(C)(O)C(=O)O)N(C)Cc1ccccc1. The van der Waals surface area contributed by atoms with Crippen molar-refractivity contribution in [2.45, 2.75) is 45.4 Å². The first-order chi connectivity index (χ1) is 10.2. The van der Waals surface area contributed by atoms with Crippen LogP contribution in [0.5, 0.6) is 0 Å². The van der Waals surface area contributed by atoms with Crippen LogP contribution in [0.4, 0.5) is 0 Å². The molecule has 0 saturated carbocycles. The Labute approximate surface area is 131 Å². The van der Waals surface area contributed by atoms with Gasteiger partial charge in [-0.3, -0.25) is 9.69 Å². The Morgan fingerprint density at radius 1 is 1.23 bits per heavy atom. The van der Waals surface area contributed by atoms with Crippen molar-refractivity contribution in [1.82, 2.24) is 4.90 Å². The molecule has 0 spiro atoms. The standard InChI is InChI=1S/C17H25NO4/c1-12(2)10-14(15(19)17(3,22)16(20)21)18(4)11-13-8-6-5-7-9-13/h5-9,12,14,22H,10-11H2,1-4H3,(H,20,21)/t14-,17?/m0/s1. The molecule has 2 N–H and O–H groups in total. The molecule has 0 aliphatic heterocycles. The number of hydrogen-bond acceptors (Lipinski definition) is 4. The van der Waals surface area contributed by atoms with Crippen LogP contribution in [0.15, 0.2) is 30.3 Å². The van der Waals surface area contributed by atoms with Crippen LogP contribution in [0.2, 0.25) is 0 Å². The van der Waals surface area contributed by atoms with Crippen LogP contribution in [0.25, 0.3) is 0 Å². The number of nitrogens with zero attached hydrogens (tertiary/aromatic N) is 1. The number of Topliss-reactive ketones (excluding diaryl/α,β-unsaturated/α-hetero) is 1. The molecule has 1 aromatic carbocycles. The molecular formula is C17H25NO4. The first kappa shape index (κ1) is 18.3. The van der Waals surface area contributed by atoms with E-state index in [1.807, 2.05) is 44.2 Å². The number of ketones is 1. The van der Waals surface area contributed by atoms with Crippen molar-refractivity contribution in [3.8, 4) is 0 Å². The summed E-state index contributed by atoms with van der Waals surface area (Å²) in [6.07, 6.45) is 0.492. The van der Waals surface area contributed by atoms with Gasteiger partial charge in [-0.05, 0) is 31.9 Å². The molecule has 0 bridgehead atoms. The van der Waals surface area contributed by atoms with Crippen molar-refractivity contribution < 1.29 is 19.8 Å². The highest BCUT2D eigenvalue weighted by Gasteiger charge is 2.44. The van der Waals surface area contributed by atoms with Crippen LogP contribution in [-0.4, -0.2) is 45.6 Å². The smallest absolute Gasteiger partial charge is 0.343 e.